The van der Waals surface area contributed by atoms with Gasteiger partial charge >= 0.3 is 0 Å². The van der Waals surface area contributed by atoms with Crippen LogP contribution in [0.4, 0.5) is 0 Å². The van der Waals surface area contributed by atoms with Crippen molar-refractivity contribution in [3.8, 4) is 5.75 Å². The van der Waals surface area contributed by atoms with Gasteiger partial charge in [-0.05, 0) is 12.1 Å². The van der Waals surface area contributed by atoms with Gasteiger partial charge in [-0.25, -0.2) is 5.43 Å². The van der Waals surface area contributed by atoms with Gasteiger partial charge in [0, 0.05) is 11.5 Å². The Morgan fingerprint density at radius 1 is 1.50 bits per heavy atom. The lowest BCUT2D eigenvalue weighted by Crippen LogP contribution is -2.22. The van der Waals surface area contributed by atoms with Gasteiger partial charge in [-0.3, -0.25) is 4.79 Å². The van der Waals surface area contributed by atoms with Crippen LogP contribution in [0, 0.1) is 5.92 Å². The van der Waals surface area contributed by atoms with E-state index in [9.17, 15) is 4.79 Å². The minimum absolute atomic E-state index is 0.0885. The maximum absolute atomic E-state index is 11.3. The number of amides is 1. The lowest BCUT2D eigenvalue weighted by Gasteiger charge is -2.06. The fourth-order valence-electron chi connectivity index (χ4n) is 1.16. The monoisotopic (exact) mass is 246 g/mol. The molecule has 0 heterocycles. The summed E-state index contributed by atoms with van der Waals surface area (Å²) in [6.45, 7) is 7.65. The summed E-state index contributed by atoms with van der Waals surface area (Å²) in [7, 11) is 0. The molecule has 0 aromatic heterocycles. The van der Waals surface area contributed by atoms with Crippen molar-refractivity contribution in [1.82, 2.24) is 5.43 Å². The van der Waals surface area contributed by atoms with Gasteiger partial charge in [0.15, 0.2) is 0 Å². The third-order valence-electron chi connectivity index (χ3n) is 2.18. The molecule has 0 aliphatic rings. The molecule has 0 aliphatic carbocycles. The second-order valence-electron chi connectivity index (χ2n) is 4.03. The minimum atomic E-state index is -0.115. The van der Waals surface area contributed by atoms with E-state index in [0.29, 0.717) is 12.4 Å². The third-order valence-corrected chi connectivity index (χ3v) is 2.18. The quantitative estimate of drug-likeness (QED) is 0.476. The lowest BCUT2D eigenvalue weighted by molar-refractivity contribution is -0.123. The van der Waals surface area contributed by atoms with Crippen LogP contribution in [-0.2, 0) is 4.79 Å². The molecule has 1 aromatic rings. The highest BCUT2D eigenvalue weighted by Crippen LogP contribution is 2.15. The molecule has 1 amide bonds. The maximum Gasteiger partial charge on any atom is 0.242 e. The summed E-state index contributed by atoms with van der Waals surface area (Å²) < 4.78 is 5.47. The predicted molar refractivity (Wildman–Crippen MR) is 72.7 cm³/mol. The van der Waals surface area contributed by atoms with E-state index in [1.54, 1.807) is 12.3 Å². The van der Waals surface area contributed by atoms with Gasteiger partial charge in [0.05, 0.1) is 6.21 Å². The fraction of sp³-hybridized carbons (Fsp3) is 0.286. The van der Waals surface area contributed by atoms with Crippen LogP contribution in [0.5, 0.6) is 5.75 Å². The van der Waals surface area contributed by atoms with Crippen molar-refractivity contribution < 1.29 is 9.53 Å². The van der Waals surface area contributed by atoms with E-state index in [0.717, 1.165) is 5.56 Å². The summed E-state index contributed by atoms with van der Waals surface area (Å²) in [4.78, 5) is 11.3. The standard InChI is InChI=1S/C14H18N2O2/c1-4-9-18-13-8-6-5-7-12(13)10-15-16-14(17)11(2)3/h4-8,10-11H,1,9H2,2-3H3,(H,16,17). The molecule has 18 heavy (non-hydrogen) atoms. The van der Waals surface area contributed by atoms with E-state index < -0.39 is 0 Å². The molecule has 0 bridgehead atoms. The number of para-hydroxylation sites is 1. The van der Waals surface area contributed by atoms with Crippen LogP contribution in [0.1, 0.15) is 19.4 Å². The van der Waals surface area contributed by atoms with E-state index in [4.69, 9.17) is 4.74 Å². The van der Waals surface area contributed by atoms with Gasteiger partial charge in [-0.15, -0.1) is 0 Å². The molecule has 1 N–H and O–H groups in total. The number of rotatable bonds is 6. The molecule has 0 aliphatic heterocycles. The van der Waals surface area contributed by atoms with Crippen LogP contribution >= 0.6 is 0 Å². The fourth-order valence-corrected chi connectivity index (χ4v) is 1.16. The van der Waals surface area contributed by atoms with Crippen LogP contribution in [0.2, 0.25) is 0 Å². The van der Waals surface area contributed by atoms with Gasteiger partial charge in [-0.1, -0.05) is 38.6 Å². The van der Waals surface area contributed by atoms with Crippen molar-refractivity contribution in [2.24, 2.45) is 11.0 Å². The first-order valence-electron chi connectivity index (χ1n) is 5.80. The zero-order valence-corrected chi connectivity index (χ0v) is 10.7. The van der Waals surface area contributed by atoms with E-state index in [2.05, 4.69) is 17.1 Å². The second-order valence-corrected chi connectivity index (χ2v) is 4.03. The molecule has 4 nitrogen and oxygen atoms in total. The molecule has 0 unspecified atom stereocenters. The second kappa shape index (κ2) is 7.27. The van der Waals surface area contributed by atoms with Gasteiger partial charge in [0.1, 0.15) is 12.4 Å². The summed E-state index contributed by atoms with van der Waals surface area (Å²) in [5, 5.41) is 3.90. The number of nitrogens with zero attached hydrogens (tertiary/aromatic N) is 1. The Hall–Kier alpha value is -2.10. The molecule has 96 valence electrons. The molecule has 0 saturated heterocycles. The average molecular weight is 246 g/mol. The van der Waals surface area contributed by atoms with Gasteiger partial charge in [0.25, 0.3) is 0 Å². The van der Waals surface area contributed by atoms with Crippen LogP contribution < -0.4 is 10.2 Å². The largest absolute Gasteiger partial charge is 0.489 e. The Morgan fingerprint density at radius 2 is 2.22 bits per heavy atom. The maximum atomic E-state index is 11.3. The number of ether oxygens (including phenoxy) is 1. The molecule has 0 saturated carbocycles. The smallest absolute Gasteiger partial charge is 0.242 e. The van der Waals surface area contributed by atoms with Crippen molar-refractivity contribution in [3.05, 3.63) is 42.5 Å². The van der Waals surface area contributed by atoms with Crippen molar-refractivity contribution in [2.45, 2.75) is 13.8 Å². The van der Waals surface area contributed by atoms with E-state index in [-0.39, 0.29) is 11.8 Å². The number of benzene rings is 1. The average Bonchev–Trinajstić information content (AvgIpc) is 2.37. The first-order valence-corrected chi connectivity index (χ1v) is 5.80. The highest BCUT2D eigenvalue weighted by atomic mass is 16.5. The highest BCUT2D eigenvalue weighted by molar-refractivity contribution is 5.85. The molecule has 1 aromatic carbocycles. The zero-order chi connectivity index (χ0) is 13.4. The number of hydrazone groups is 1. The third kappa shape index (κ3) is 4.41. The Bertz CT molecular complexity index is 439. The first kappa shape index (κ1) is 14.0. The summed E-state index contributed by atoms with van der Waals surface area (Å²) in [5.41, 5.74) is 3.28. The van der Waals surface area contributed by atoms with Gasteiger partial charge in [-0.2, -0.15) is 5.10 Å². The number of carbonyl (C=O) groups is 1. The lowest BCUT2D eigenvalue weighted by atomic mass is 10.2. The molecule has 0 fully saturated rings. The SMILES string of the molecule is C=CCOc1ccccc1C=NNC(=O)C(C)C. The van der Waals surface area contributed by atoms with Crippen molar-refractivity contribution in [3.63, 3.8) is 0 Å². The summed E-state index contributed by atoms with van der Waals surface area (Å²) >= 11 is 0. The van der Waals surface area contributed by atoms with Gasteiger partial charge in [0.2, 0.25) is 5.91 Å². The summed E-state index contributed by atoms with van der Waals surface area (Å²) in [5.74, 6) is 0.505. The molecular weight excluding hydrogens is 228 g/mol. The van der Waals surface area contributed by atoms with Crippen LogP contribution in [0.15, 0.2) is 42.0 Å². The first-order chi connectivity index (χ1) is 8.65. The number of hydrogen-bond acceptors (Lipinski definition) is 3. The summed E-state index contributed by atoms with van der Waals surface area (Å²) in [6, 6.07) is 7.47. The van der Waals surface area contributed by atoms with Crippen LogP contribution in [0.25, 0.3) is 0 Å². The zero-order valence-electron chi connectivity index (χ0n) is 10.7. The Kier molecular flexibility index (Phi) is 5.64. The van der Waals surface area contributed by atoms with Crippen molar-refractivity contribution in [2.75, 3.05) is 6.61 Å². The van der Waals surface area contributed by atoms with E-state index >= 15 is 0 Å². The Morgan fingerprint density at radius 3 is 2.89 bits per heavy atom. The van der Waals surface area contributed by atoms with Crippen molar-refractivity contribution >= 4 is 12.1 Å². The predicted octanol–water partition coefficient (Wildman–Crippen LogP) is 2.36. The number of nitrogens with one attached hydrogen (secondary N) is 1. The topological polar surface area (TPSA) is 50.7 Å². The molecule has 0 atom stereocenters. The van der Waals surface area contributed by atoms with E-state index in [1.807, 2.05) is 38.1 Å². The van der Waals surface area contributed by atoms with Crippen molar-refractivity contribution in [1.29, 1.82) is 0 Å². The minimum Gasteiger partial charge on any atom is -0.489 e. The molecule has 4 heteroatoms. The molecule has 1 rings (SSSR count). The summed E-state index contributed by atoms with van der Waals surface area (Å²) in [6.07, 6.45) is 3.24. The van der Waals surface area contributed by atoms with Gasteiger partial charge < -0.3 is 4.74 Å². The normalized spacial score (nSPS) is 10.6. The number of hydrogen-bond donors (Lipinski definition) is 1. The molecule has 0 spiro atoms. The van der Waals surface area contributed by atoms with E-state index in [1.165, 1.54) is 0 Å². The van der Waals surface area contributed by atoms with Crippen LogP contribution in [0.3, 0.4) is 0 Å². The van der Waals surface area contributed by atoms with Crippen LogP contribution in [-0.4, -0.2) is 18.7 Å². The number of carbonyl (C=O) groups excluding carboxylic acids is 1. The highest BCUT2D eigenvalue weighted by Gasteiger charge is 2.04. The Labute approximate surface area is 107 Å². The Balaban J connectivity index is 2.68. The molecule has 0 radical (unpaired) electrons. The molecular formula is C14H18N2O2.